The minimum atomic E-state index is -0.703. The molecule has 4 nitrogen and oxygen atoms in total. The Morgan fingerprint density at radius 3 is 2.81 bits per heavy atom. The Bertz CT molecular complexity index is 206. The van der Waals surface area contributed by atoms with Crippen molar-refractivity contribution in [1.29, 1.82) is 0 Å². The molecule has 94 valence electrons. The van der Waals surface area contributed by atoms with Gasteiger partial charge in [-0.1, -0.05) is 6.42 Å². The number of likely N-dealkylation sites (tertiary alicyclic amines) is 1. The van der Waals surface area contributed by atoms with Gasteiger partial charge in [-0.15, -0.1) is 0 Å². The normalized spacial score (nSPS) is 22.2. The van der Waals surface area contributed by atoms with Crippen LogP contribution in [0.25, 0.3) is 0 Å². The van der Waals surface area contributed by atoms with Crippen LogP contribution in [0.4, 0.5) is 0 Å². The second kappa shape index (κ2) is 7.63. The first kappa shape index (κ1) is 13.5. The van der Waals surface area contributed by atoms with Crippen LogP contribution in [0.5, 0.6) is 0 Å². The zero-order valence-corrected chi connectivity index (χ0v) is 9.90. The Morgan fingerprint density at radius 1 is 1.31 bits per heavy atom. The second-order valence-corrected chi connectivity index (χ2v) is 4.55. The second-order valence-electron chi connectivity index (χ2n) is 4.55. The van der Waals surface area contributed by atoms with Crippen molar-refractivity contribution in [3.05, 3.63) is 0 Å². The molecular weight excluding hydrogens is 206 g/mol. The number of hydrogen-bond acceptors (Lipinski definition) is 3. The third-order valence-electron chi connectivity index (χ3n) is 3.30. The summed E-state index contributed by atoms with van der Waals surface area (Å²) in [4.78, 5) is 12.8. The lowest BCUT2D eigenvalue weighted by atomic mass is 9.99. The number of hydrogen-bond donors (Lipinski definition) is 2. The molecule has 1 unspecified atom stereocenters. The molecule has 1 aliphatic rings. The Labute approximate surface area is 97.3 Å². The lowest BCUT2D eigenvalue weighted by Gasteiger charge is -2.35. The quantitative estimate of drug-likeness (QED) is 0.649. The average Bonchev–Trinajstić information content (AvgIpc) is 2.26. The molecule has 0 aromatic carbocycles. The molecule has 0 bridgehead atoms. The molecule has 0 spiro atoms. The van der Waals surface area contributed by atoms with E-state index in [0.29, 0.717) is 6.04 Å². The van der Waals surface area contributed by atoms with Crippen molar-refractivity contribution in [1.82, 2.24) is 4.90 Å². The zero-order chi connectivity index (χ0) is 11.8. The van der Waals surface area contributed by atoms with Crippen molar-refractivity contribution in [3.63, 3.8) is 0 Å². The van der Waals surface area contributed by atoms with Crippen LogP contribution in [-0.2, 0) is 4.79 Å². The van der Waals surface area contributed by atoms with E-state index in [4.69, 9.17) is 10.2 Å². The summed E-state index contributed by atoms with van der Waals surface area (Å²) in [6, 6.07) is 0.517. The van der Waals surface area contributed by atoms with E-state index < -0.39 is 5.97 Å². The van der Waals surface area contributed by atoms with Crippen molar-refractivity contribution in [2.45, 2.75) is 51.0 Å². The maximum absolute atomic E-state index is 10.4. The fraction of sp³-hybridized carbons (Fsp3) is 0.917. The summed E-state index contributed by atoms with van der Waals surface area (Å²) in [5, 5.41) is 17.5. The lowest BCUT2D eigenvalue weighted by molar-refractivity contribution is -0.137. The molecule has 0 amide bonds. The summed E-state index contributed by atoms with van der Waals surface area (Å²) in [5.74, 6) is -0.703. The Balaban J connectivity index is 2.18. The predicted octanol–water partition coefficient (Wildman–Crippen LogP) is 1.48. The van der Waals surface area contributed by atoms with Gasteiger partial charge >= 0.3 is 5.97 Å². The van der Waals surface area contributed by atoms with E-state index in [-0.39, 0.29) is 13.0 Å². The molecule has 0 aromatic rings. The van der Waals surface area contributed by atoms with Crippen molar-refractivity contribution < 1.29 is 15.0 Å². The first-order valence-electron chi connectivity index (χ1n) is 6.30. The number of aliphatic hydroxyl groups excluding tert-OH is 1. The van der Waals surface area contributed by atoms with E-state index in [2.05, 4.69) is 4.90 Å². The minimum Gasteiger partial charge on any atom is -0.481 e. The van der Waals surface area contributed by atoms with E-state index in [1.54, 1.807) is 0 Å². The molecule has 1 rings (SSSR count). The number of aliphatic carboxylic acids is 1. The van der Waals surface area contributed by atoms with Crippen molar-refractivity contribution >= 4 is 5.97 Å². The maximum Gasteiger partial charge on any atom is 0.303 e. The van der Waals surface area contributed by atoms with E-state index in [1.165, 1.54) is 19.3 Å². The largest absolute Gasteiger partial charge is 0.481 e. The van der Waals surface area contributed by atoms with Crippen LogP contribution in [0.15, 0.2) is 0 Å². The number of nitrogens with zero attached hydrogens (tertiary/aromatic N) is 1. The molecule has 1 saturated heterocycles. The summed E-state index contributed by atoms with van der Waals surface area (Å²) in [6.07, 6.45) is 6.53. The van der Waals surface area contributed by atoms with E-state index >= 15 is 0 Å². The number of carbonyl (C=O) groups is 1. The number of aliphatic hydroxyl groups is 1. The molecule has 0 saturated carbocycles. The topological polar surface area (TPSA) is 60.8 Å². The molecular formula is C12H23NO3. The van der Waals surface area contributed by atoms with Gasteiger partial charge in [-0.2, -0.15) is 0 Å². The SMILES string of the molecule is O=C(O)CCCCN1CCCCC1CCO. The van der Waals surface area contributed by atoms with Gasteiger partial charge in [0, 0.05) is 19.1 Å². The molecule has 16 heavy (non-hydrogen) atoms. The van der Waals surface area contributed by atoms with Gasteiger partial charge < -0.3 is 15.1 Å². The Hall–Kier alpha value is -0.610. The summed E-state index contributed by atoms with van der Waals surface area (Å²) < 4.78 is 0. The van der Waals surface area contributed by atoms with Gasteiger partial charge in [-0.25, -0.2) is 0 Å². The predicted molar refractivity (Wildman–Crippen MR) is 62.4 cm³/mol. The molecule has 1 aliphatic heterocycles. The van der Waals surface area contributed by atoms with Gasteiger partial charge in [0.25, 0.3) is 0 Å². The van der Waals surface area contributed by atoms with Crippen LogP contribution in [0.2, 0.25) is 0 Å². The van der Waals surface area contributed by atoms with E-state index in [0.717, 1.165) is 32.4 Å². The summed E-state index contributed by atoms with van der Waals surface area (Å²) >= 11 is 0. The maximum atomic E-state index is 10.4. The number of piperidine rings is 1. The average molecular weight is 229 g/mol. The third-order valence-corrected chi connectivity index (χ3v) is 3.30. The molecule has 0 radical (unpaired) electrons. The standard InChI is InChI=1S/C12H23NO3/c14-10-7-11-5-1-3-8-13(11)9-4-2-6-12(15)16/h11,14H,1-10H2,(H,15,16). The van der Waals surface area contributed by atoms with Crippen molar-refractivity contribution in [3.8, 4) is 0 Å². The smallest absolute Gasteiger partial charge is 0.303 e. The number of rotatable bonds is 7. The van der Waals surface area contributed by atoms with Crippen LogP contribution in [0.3, 0.4) is 0 Å². The van der Waals surface area contributed by atoms with Crippen molar-refractivity contribution in [2.24, 2.45) is 0 Å². The monoisotopic (exact) mass is 229 g/mol. The highest BCUT2D eigenvalue weighted by molar-refractivity contribution is 5.66. The van der Waals surface area contributed by atoms with Crippen LogP contribution in [0.1, 0.15) is 44.9 Å². The zero-order valence-electron chi connectivity index (χ0n) is 9.90. The van der Waals surface area contributed by atoms with Crippen molar-refractivity contribution in [2.75, 3.05) is 19.7 Å². The summed E-state index contributed by atoms with van der Waals surface area (Å²) in [7, 11) is 0. The van der Waals surface area contributed by atoms with Crippen LogP contribution >= 0.6 is 0 Å². The Morgan fingerprint density at radius 2 is 2.12 bits per heavy atom. The highest BCUT2D eigenvalue weighted by atomic mass is 16.4. The molecule has 4 heteroatoms. The van der Waals surface area contributed by atoms with Gasteiger partial charge in [0.2, 0.25) is 0 Å². The molecule has 2 N–H and O–H groups in total. The summed E-state index contributed by atoms with van der Waals surface area (Å²) in [5.41, 5.74) is 0. The summed E-state index contributed by atoms with van der Waals surface area (Å²) in [6.45, 7) is 2.35. The van der Waals surface area contributed by atoms with Gasteiger partial charge in [0.1, 0.15) is 0 Å². The highest BCUT2D eigenvalue weighted by Gasteiger charge is 2.20. The van der Waals surface area contributed by atoms with Gasteiger partial charge in [-0.05, 0) is 45.2 Å². The van der Waals surface area contributed by atoms with Gasteiger partial charge in [0.05, 0.1) is 0 Å². The number of carboxylic acid groups (broad SMARTS) is 1. The van der Waals surface area contributed by atoms with Crippen LogP contribution < -0.4 is 0 Å². The van der Waals surface area contributed by atoms with Crippen LogP contribution in [0, 0.1) is 0 Å². The lowest BCUT2D eigenvalue weighted by Crippen LogP contribution is -2.40. The van der Waals surface area contributed by atoms with Gasteiger partial charge in [0.15, 0.2) is 0 Å². The first-order valence-corrected chi connectivity index (χ1v) is 6.30. The number of carboxylic acids is 1. The molecule has 1 atom stereocenters. The fourth-order valence-corrected chi connectivity index (χ4v) is 2.42. The highest BCUT2D eigenvalue weighted by Crippen LogP contribution is 2.19. The minimum absolute atomic E-state index is 0.260. The molecule has 1 fully saturated rings. The third kappa shape index (κ3) is 4.94. The Kier molecular flexibility index (Phi) is 6.42. The fourth-order valence-electron chi connectivity index (χ4n) is 2.42. The molecule has 0 aliphatic carbocycles. The molecule has 1 heterocycles. The molecule has 0 aromatic heterocycles. The first-order chi connectivity index (χ1) is 7.74. The van der Waals surface area contributed by atoms with E-state index in [1.807, 2.05) is 0 Å². The van der Waals surface area contributed by atoms with E-state index in [9.17, 15) is 4.79 Å². The van der Waals surface area contributed by atoms with Gasteiger partial charge in [-0.3, -0.25) is 4.79 Å². The van der Waals surface area contributed by atoms with Crippen LogP contribution in [-0.4, -0.2) is 46.8 Å². The number of unbranched alkanes of at least 4 members (excludes halogenated alkanes) is 1.